The first kappa shape index (κ1) is 16.5. The van der Waals surface area contributed by atoms with E-state index in [1.54, 1.807) is 12.1 Å². The highest BCUT2D eigenvalue weighted by molar-refractivity contribution is 9.10. The summed E-state index contributed by atoms with van der Waals surface area (Å²) in [7, 11) is -1.73. The van der Waals surface area contributed by atoms with Crippen LogP contribution in [-0.4, -0.2) is 15.5 Å². The first-order valence-corrected chi connectivity index (χ1v) is 9.45. The van der Waals surface area contributed by atoms with E-state index in [4.69, 9.17) is 0 Å². The molecule has 0 unspecified atom stereocenters. The molecule has 1 aromatic heterocycles. The van der Waals surface area contributed by atoms with Crippen molar-refractivity contribution in [2.75, 3.05) is 11.8 Å². The summed E-state index contributed by atoms with van der Waals surface area (Å²) < 4.78 is 28.6. The molecule has 0 aliphatic rings. The van der Waals surface area contributed by atoms with Crippen LogP contribution >= 0.6 is 27.3 Å². The van der Waals surface area contributed by atoms with Gasteiger partial charge in [-0.2, -0.15) is 0 Å². The van der Waals surface area contributed by atoms with Crippen LogP contribution in [0.15, 0.2) is 33.6 Å². The van der Waals surface area contributed by atoms with Gasteiger partial charge in [0.15, 0.2) is 0 Å². The van der Waals surface area contributed by atoms with Crippen LogP contribution in [-0.2, 0) is 16.6 Å². The van der Waals surface area contributed by atoms with Gasteiger partial charge in [-0.05, 0) is 44.7 Å². The van der Waals surface area contributed by atoms with E-state index in [-0.39, 0.29) is 0 Å². The van der Waals surface area contributed by atoms with Gasteiger partial charge in [0.2, 0.25) is 0 Å². The van der Waals surface area contributed by atoms with Crippen molar-refractivity contribution in [1.82, 2.24) is 5.32 Å². The van der Waals surface area contributed by atoms with E-state index in [1.165, 1.54) is 11.3 Å². The molecule has 21 heavy (non-hydrogen) atoms. The zero-order valence-electron chi connectivity index (χ0n) is 12.0. The lowest BCUT2D eigenvalue weighted by atomic mass is 10.2. The van der Waals surface area contributed by atoms with Gasteiger partial charge in [0, 0.05) is 20.8 Å². The maximum atomic E-state index is 12.6. The van der Waals surface area contributed by atoms with Crippen molar-refractivity contribution < 1.29 is 8.42 Å². The van der Waals surface area contributed by atoms with Gasteiger partial charge < -0.3 is 5.32 Å². The third-order valence-electron chi connectivity index (χ3n) is 3.01. The molecular formula is C14H17BrN2O2S2. The standard InChI is InChI=1S/C14H17BrN2O2S2/c1-9-4-5-11(15)6-13(9)17-21(18,19)14-7-12(8-16-3)20-10(14)2/h4-7,16-17H,8H2,1-3H3. The molecule has 0 saturated heterocycles. The summed E-state index contributed by atoms with van der Waals surface area (Å²) in [5, 5.41) is 3.03. The Balaban J connectivity index is 2.36. The molecule has 0 spiro atoms. The van der Waals surface area contributed by atoms with Crippen molar-refractivity contribution in [1.29, 1.82) is 0 Å². The van der Waals surface area contributed by atoms with Crippen molar-refractivity contribution in [3.63, 3.8) is 0 Å². The number of benzene rings is 1. The smallest absolute Gasteiger partial charge is 0.263 e. The molecular weight excluding hydrogens is 372 g/mol. The topological polar surface area (TPSA) is 58.2 Å². The van der Waals surface area contributed by atoms with Crippen LogP contribution in [0.4, 0.5) is 5.69 Å². The second-order valence-corrected chi connectivity index (χ2v) is 8.64. The molecule has 2 rings (SSSR count). The Bertz CT molecular complexity index is 754. The Morgan fingerprint density at radius 3 is 2.62 bits per heavy atom. The minimum atomic E-state index is -3.57. The summed E-state index contributed by atoms with van der Waals surface area (Å²) in [6.07, 6.45) is 0. The Morgan fingerprint density at radius 1 is 1.24 bits per heavy atom. The highest BCUT2D eigenvalue weighted by Crippen LogP contribution is 2.29. The molecule has 114 valence electrons. The van der Waals surface area contributed by atoms with Crippen LogP contribution in [0.3, 0.4) is 0 Å². The molecule has 1 aromatic carbocycles. The summed E-state index contributed by atoms with van der Waals surface area (Å²) >= 11 is 4.85. The maximum Gasteiger partial charge on any atom is 0.263 e. The Kier molecular flexibility index (Phi) is 5.08. The third kappa shape index (κ3) is 3.85. The van der Waals surface area contributed by atoms with E-state index in [0.29, 0.717) is 17.1 Å². The molecule has 0 amide bonds. The van der Waals surface area contributed by atoms with E-state index >= 15 is 0 Å². The van der Waals surface area contributed by atoms with Crippen molar-refractivity contribution in [2.45, 2.75) is 25.3 Å². The van der Waals surface area contributed by atoms with E-state index in [2.05, 4.69) is 26.0 Å². The first-order valence-electron chi connectivity index (χ1n) is 6.36. The summed E-state index contributed by atoms with van der Waals surface area (Å²) in [5.41, 5.74) is 1.47. The fourth-order valence-electron chi connectivity index (χ4n) is 1.96. The summed E-state index contributed by atoms with van der Waals surface area (Å²) in [4.78, 5) is 2.14. The number of hydrogen-bond donors (Lipinski definition) is 2. The molecule has 0 atom stereocenters. The van der Waals surface area contributed by atoms with Crippen LogP contribution in [0.2, 0.25) is 0 Å². The molecule has 4 nitrogen and oxygen atoms in total. The molecule has 0 bridgehead atoms. The van der Waals surface area contributed by atoms with Gasteiger partial charge in [-0.15, -0.1) is 11.3 Å². The van der Waals surface area contributed by atoms with Crippen molar-refractivity contribution >= 4 is 43.0 Å². The minimum Gasteiger partial charge on any atom is -0.315 e. The fraction of sp³-hybridized carbons (Fsp3) is 0.286. The lowest BCUT2D eigenvalue weighted by Gasteiger charge is -2.10. The van der Waals surface area contributed by atoms with Crippen LogP contribution in [0.25, 0.3) is 0 Å². The Morgan fingerprint density at radius 2 is 1.95 bits per heavy atom. The lowest BCUT2D eigenvalue weighted by Crippen LogP contribution is -2.14. The summed E-state index contributed by atoms with van der Waals surface area (Å²) in [6.45, 7) is 4.36. The number of nitrogens with one attached hydrogen (secondary N) is 2. The molecule has 7 heteroatoms. The molecule has 0 fully saturated rings. The molecule has 2 aromatic rings. The van der Waals surface area contributed by atoms with E-state index in [9.17, 15) is 8.42 Å². The Labute approximate surface area is 137 Å². The summed E-state index contributed by atoms with van der Waals surface area (Å²) in [6, 6.07) is 7.25. The monoisotopic (exact) mass is 388 g/mol. The van der Waals surface area contributed by atoms with Gasteiger partial charge in [-0.3, -0.25) is 4.72 Å². The number of anilines is 1. The molecule has 1 heterocycles. The predicted octanol–water partition coefficient (Wildman–Crippen LogP) is 3.65. The molecule has 2 N–H and O–H groups in total. The number of hydrogen-bond acceptors (Lipinski definition) is 4. The fourth-order valence-corrected chi connectivity index (χ4v) is 5.09. The average molecular weight is 389 g/mol. The molecule has 0 aliphatic carbocycles. The van der Waals surface area contributed by atoms with Crippen molar-refractivity contribution in [2.24, 2.45) is 0 Å². The van der Waals surface area contributed by atoms with Crippen LogP contribution in [0.1, 0.15) is 15.3 Å². The van der Waals surface area contributed by atoms with Crippen LogP contribution in [0.5, 0.6) is 0 Å². The van der Waals surface area contributed by atoms with Gasteiger partial charge in [0.1, 0.15) is 4.90 Å². The predicted molar refractivity (Wildman–Crippen MR) is 91.5 cm³/mol. The zero-order valence-corrected chi connectivity index (χ0v) is 15.2. The number of aryl methyl sites for hydroxylation is 2. The van der Waals surface area contributed by atoms with Crippen molar-refractivity contribution in [3.8, 4) is 0 Å². The van der Waals surface area contributed by atoms with Crippen LogP contribution < -0.4 is 10.0 Å². The molecule has 0 saturated carbocycles. The Hall–Kier alpha value is -0.890. The SMILES string of the molecule is CNCc1cc(S(=O)(=O)Nc2cc(Br)ccc2C)c(C)s1. The largest absolute Gasteiger partial charge is 0.315 e. The molecule has 0 aliphatic heterocycles. The normalized spacial score (nSPS) is 11.6. The van der Waals surface area contributed by atoms with Gasteiger partial charge in [0.25, 0.3) is 10.0 Å². The average Bonchev–Trinajstić information content (AvgIpc) is 2.76. The second-order valence-electron chi connectivity index (χ2n) is 4.73. The van der Waals surface area contributed by atoms with Gasteiger partial charge in [0.05, 0.1) is 5.69 Å². The highest BCUT2D eigenvalue weighted by Gasteiger charge is 2.20. The van der Waals surface area contributed by atoms with Crippen LogP contribution in [0, 0.1) is 13.8 Å². The zero-order chi connectivity index (χ0) is 15.6. The number of halogens is 1. The van der Waals surface area contributed by atoms with Gasteiger partial charge in [-0.25, -0.2) is 8.42 Å². The van der Waals surface area contributed by atoms with Gasteiger partial charge in [-0.1, -0.05) is 22.0 Å². The number of thiophene rings is 1. The number of sulfonamides is 1. The maximum absolute atomic E-state index is 12.6. The second kappa shape index (κ2) is 6.48. The third-order valence-corrected chi connectivity index (χ3v) is 6.17. The quantitative estimate of drug-likeness (QED) is 0.821. The molecule has 0 radical (unpaired) electrons. The lowest BCUT2D eigenvalue weighted by molar-refractivity contribution is 0.601. The first-order chi connectivity index (χ1) is 9.83. The van der Waals surface area contributed by atoms with E-state index < -0.39 is 10.0 Å². The number of rotatable bonds is 5. The van der Waals surface area contributed by atoms with Crippen molar-refractivity contribution in [3.05, 3.63) is 44.1 Å². The summed E-state index contributed by atoms with van der Waals surface area (Å²) in [5.74, 6) is 0. The van der Waals surface area contributed by atoms with E-state index in [0.717, 1.165) is 19.8 Å². The highest BCUT2D eigenvalue weighted by atomic mass is 79.9. The van der Waals surface area contributed by atoms with E-state index in [1.807, 2.05) is 33.0 Å². The van der Waals surface area contributed by atoms with Gasteiger partial charge >= 0.3 is 0 Å². The minimum absolute atomic E-state index is 0.345.